The predicted octanol–water partition coefficient (Wildman–Crippen LogP) is 2.13. The molecule has 92 valence electrons. The Labute approximate surface area is 99.8 Å². The maximum absolute atomic E-state index is 10.6. The van der Waals surface area contributed by atoms with Crippen LogP contribution in [-0.2, 0) is 0 Å². The molecule has 1 fully saturated rings. The van der Waals surface area contributed by atoms with Crippen molar-refractivity contribution in [2.24, 2.45) is 5.92 Å². The molecule has 0 saturated heterocycles. The van der Waals surface area contributed by atoms with Gasteiger partial charge in [0.1, 0.15) is 6.10 Å². The van der Waals surface area contributed by atoms with Crippen molar-refractivity contribution >= 4 is 5.97 Å². The summed E-state index contributed by atoms with van der Waals surface area (Å²) in [7, 11) is 0. The van der Waals surface area contributed by atoms with Gasteiger partial charge in [0, 0.05) is 6.07 Å². The third-order valence-corrected chi connectivity index (χ3v) is 3.11. The summed E-state index contributed by atoms with van der Waals surface area (Å²) in [6.45, 7) is 2.25. The Morgan fingerprint density at radius 1 is 1.29 bits per heavy atom. The van der Waals surface area contributed by atoms with Crippen molar-refractivity contribution in [3.63, 3.8) is 0 Å². The van der Waals surface area contributed by atoms with Crippen LogP contribution in [0.5, 0.6) is 5.88 Å². The summed E-state index contributed by atoms with van der Waals surface area (Å²) >= 11 is 0. The molecule has 0 amide bonds. The number of carboxylic acids is 1. The molecule has 1 N–H and O–H groups in total. The molecule has 1 saturated carbocycles. The smallest absolute Gasteiger partial charge is 0.356 e. The average Bonchev–Trinajstić information content (AvgIpc) is 2.33. The topological polar surface area (TPSA) is 72.3 Å². The summed E-state index contributed by atoms with van der Waals surface area (Å²) < 4.78 is 5.67. The van der Waals surface area contributed by atoms with Gasteiger partial charge in [-0.05, 0) is 37.7 Å². The van der Waals surface area contributed by atoms with Gasteiger partial charge >= 0.3 is 5.97 Å². The molecule has 0 aliphatic heterocycles. The Bertz CT molecular complexity index is 383. The lowest BCUT2D eigenvalue weighted by Gasteiger charge is -2.26. The van der Waals surface area contributed by atoms with Crippen LogP contribution < -0.4 is 4.74 Å². The van der Waals surface area contributed by atoms with E-state index in [1.807, 2.05) is 0 Å². The number of carbonyl (C=O) groups is 1. The van der Waals surface area contributed by atoms with Crippen molar-refractivity contribution in [3.8, 4) is 5.88 Å². The lowest BCUT2D eigenvalue weighted by atomic mass is 9.89. The third kappa shape index (κ3) is 3.15. The minimum atomic E-state index is -1.07. The first-order chi connectivity index (χ1) is 8.15. The molecule has 17 heavy (non-hydrogen) atoms. The standard InChI is InChI=1S/C12H16N2O3/c1-8-2-4-9(5-3-8)17-11-7-6-10(12(15)16)13-14-11/h6-9H,2-5H2,1H3,(H,15,16). The maximum atomic E-state index is 10.6. The maximum Gasteiger partial charge on any atom is 0.356 e. The van der Waals surface area contributed by atoms with Crippen molar-refractivity contribution in [3.05, 3.63) is 17.8 Å². The highest BCUT2D eigenvalue weighted by Crippen LogP contribution is 2.26. The Kier molecular flexibility index (Phi) is 3.56. The largest absolute Gasteiger partial charge is 0.476 e. The molecule has 1 aliphatic rings. The first kappa shape index (κ1) is 11.8. The van der Waals surface area contributed by atoms with E-state index in [1.54, 1.807) is 6.07 Å². The molecule has 1 heterocycles. The molecule has 5 nitrogen and oxygen atoms in total. The van der Waals surface area contributed by atoms with Crippen LogP contribution in [0.25, 0.3) is 0 Å². The second-order valence-electron chi connectivity index (χ2n) is 4.56. The lowest BCUT2D eigenvalue weighted by molar-refractivity contribution is 0.0688. The molecule has 1 aromatic heterocycles. The Balaban J connectivity index is 1.92. The fourth-order valence-electron chi connectivity index (χ4n) is 2.02. The molecule has 5 heteroatoms. The number of hydrogen-bond acceptors (Lipinski definition) is 4. The van der Waals surface area contributed by atoms with Crippen LogP contribution in [0.3, 0.4) is 0 Å². The summed E-state index contributed by atoms with van der Waals surface area (Å²) in [5, 5.41) is 16.0. The molecule has 0 aromatic carbocycles. The van der Waals surface area contributed by atoms with Gasteiger partial charge in [0.2, 0.25) is 5.88 Å². The van der Waals surface area contributed by atoms with Gasteiger partial charge in [0.15, 0.2) is 5.69 Å². The predicted molar refractivity (Wildman–Crippen MR) is 61.0 cm³/mol. The number of aromatic carboxylic acids is 1. The first-order valence-corrected chi connectivity index (χ1v) is 5.89. The number of ether oxygens (including phenoxy) is 1. The van der Waals surface area contributed by atoms with E-state index in [-0.39, 0.29) is 11.8 Å². The van der Waals surface area contributed by atoms with Crippen LogP contribution in [0, 0.1) is 5.92 Å². The summed E-state index contributed by atoms with van der Waals surface area (Å²) in [6, 6.07) is 2.98. The van der Waals surface area contributed by atoms with Gasteiger partial charge < -0.3 is 9.84 Å². The molecule has 0 radical (unpaired) electrons. The summed E-state index contributed by atoms with van der Waals surface area (Å²) in [5.41, 5.74) is -0.0605. The molecule has 0 bridgehead atoms. The van der Waals surface area contributed by atoms with Gasteiger partial charge in [-0.15, -0.1) is 10.2 Å². The zero-order valence-electron chi connectivity index (χ0n) is 9.80. The van der Waals surface area contributed by atoms with E-state index >= 15 is 0 Å². The summed E-state index contributed by atoms with van der Waals surface area (Å²) in [5.74, 6) is 0.111. The van der Waals surface area contributed by atoms with Crippen LogP contribution in [0.15, 0.2) is 12.1 Å². The Morgan fingerprint density at radius 3 is 2.53 bits per heavy atom. The van der Waals surface area contributed by atoms with Gasteiger partial charge in [-0.25, -0.2) is 4.79 Å². The molecule has 1 aromatic rings. The van der Waals surface area contributed by atoms with Crippen molar-refractivity contribution in [2.75, 3.05) is 0 Å². The summed E-state index contributed by atoms with van der Waals surface area (Å²) in [6.07, 6.45) is 4.60. The van der Waals surface area contributed by atoms with Crippen LogP contribution in [0.4, 0.5) is 0 Å². The van der Waals surface area contributed by atoms with E-state index in [1.165, 1.54) is 18.9 Å². The second kappa shape index (κ2) is 5.12. The summed E-state index contributed by atoms with van der Waals surface area (Å²) in [4.78, 5) is 10.6. The van der Waals surface area contributed by atoms with E-state index in [0.29, 0.717) is 5.88 Å². The minimum Gasteiger partial charge on any atom is -0.476 e. The SMILES string of the molecule is CC1CCC(Oc2ccc(C(=O)O)nn2)CC1. The van der Waals surface area contributed by atoms with Gasteiger partial charge in [-0.3, -0.25) is 0 Å². The van der Waals surface area contributed by atoms with E-state index in [9.17, 15) is 4.79 Å². The molecule has 1 aliphatic carbocycles. The van der Waals surface area contributed by atoms with Crippen molar-refractivity contribution < 1.29 is 14.6 Å². The van der Waals surface area contributed by atoms with Crippen LogP contribution in [0.2, 0.25) is 0 Å². The number of hydrogen-bond donors (Lipinski definition) is 1. The van der Waals surface area contributed by atoms with Crippen LogP contribution >= 0.6 is 0 Å². The number of nitrogens with zero attached hydrogens (tertiary/aromatic N) is 2. The number of aromatic nitrogens is 2. The molecule has 2 rings (SSSR count). The van der Waals surface area contributed by atoms with Crippen LogP contribution in [-0.4, -0.2) is 27.4 Å². The molecular weight excluding hydrogens is 220 g/mol. The minimum absolute atomic E-state index is 0.0605. The quantitative estimate of drug-likeness (QED) is 0.870. The normalized spacial score (nSPS) is 24.3. The van der Waals surface area contributed by atoms with E-state index in [0.717, 1.165) is 18.8 Å². The monoisotopic (exact) mass is 236 g/mol. The van der Waals surface area contributed by atoms with Gasteiger partial charge in [-0.2, -0.15) is 0 Å². The van der Waals surface area contributed by atoms with Gasteiger partial charge in [0.05, 0.1) is 0 Å². The molecule has 0 atom stereocenters. The van der Waals surface area contributed by atoms with Crippen LogP contribution in [0.1, 0.15) is 43.1 Å². The third-order valence-electron chi connectivity index (χ3n) is 3.11. The molecular formula is C12H16N2O3. The fourth-order valence-corrected chi connectivity index (χ4v) is 2.02. The van der Waals surface area contributed by atoms with Gasteiger partial charge in [-0.1, -0.05) is 6.92 Å². The Hall–Kier alpha value is -1.65. The van der Waals surface area contributed by atoms with E-state index < -0.39 is 5.97 Å². The average molecular weight is 236 g/mol. The van der Waals surface area contributed by atoms with E-state index in [4.69, 9.17) is 9.84 Å². The van der Waals surface area contributed by atoms with Crippen molar-refractivity contribution in [1.29, 1.82) is 0 Å². The molecule has 0 unspecified atom stereocenters. The highest BCUT2D eigenvalue weighted by atomic mass is 16.5. The second-order valence-corrected chi connectivity index (χ2v) is 4.56. The highest BCUT2D eigenvalue weighted by Gasteiger charge is 2.20. The first-order valence-electron chi connectivity index (χ1n) is 5.89. The van der Waals surface area contributed by atoms with Gasteiger partial charge in [0.25, 0.3) is 0 Å². The Morgan fingerprint density at radius 2 is 2.00 bits per heavy atom. The number of rotatable bonds is 3. The highest BCUT2D eigenvalue weighted by molar-refractivity contribution is 5.84. The van der Waals surface area contributed by atoms with E-state index in [2.05, 4.69) is 17.1 Å². The van der Waals surface area contributed by atoms with Crippen molar-refractivity contribution in [1.82, 2.24) is 10.2 Å². The lowest BCUT2D eigenvalue weighted by Crippen LogP contribution is -2.23. The number of carboxylic acid groups (broad SMARTS) is 1. The zero-order valence-corrected chi connectivity index (χ0v) is 9.80. The zero-order chi connectivity index (χ0) is 12.3. The molecule has 0 spiro atoms. The fraction of sp³-hybridized carbons (Fsp3) is 0.583. The van der Waals surface area contributed by atoms with Crippen molar-refractivity contribution in [2.45, 2.75) is 38.7 Å².